The summed E-state index contributed by atoms with van der Waals surface area (Å²) in [6.07, 6.45) is 0.281. The van der Waals surface area contributed by atoms with Crippen LogP contribution in [0.5, 0.6) is 0 Å². The highest BCUT2D eigenvalue weighted by atomic mass is 79.9. The predicted octanol–water partition coefficient (Wildman–Crippen LogP) is 3.87. The summed E-state index contributed by atoms with van der Waals surface area (Å²) in [5.74, 6) is -0.155. The number of amides is 1. The number of nitrogens with two attached hydrogens (primary N) is 1. The Hall–Kier alpha value is -1.52. The highest BCUT2D eigenvalue weighted by Gasteiger charge is 2.12. The summed E-state index contributed by atoms with van der Waals surface area (Å²) in [6.45, 7) is 0. The normalized spacial score (nSPS) is 10.2. The summed E-state index contributed by atoms with van der Waals surface area (Å²) < 4.78 is 0.693. The van der Waals surface area contributed by atoms with Crippen molar-refractivity contribution in [3.63, 3.8) is 0 Å². The molecule has 1 amide bonds. The Balaban J connectivity index is 2.14. The molecule has 2 aromatic carbocycles. The van der Waals surface area contributed by atoms with Crippen LogP contribution < -0.4 is 11.1 Å². The summed E-state index contributed by atoms with van der Waals surface area (Å²) in [6, 6.07) is 12.9. The number of anilines is 2. The number of nitrogen functional groups attached to an aromatic ring is 1. The molecule has 0 heterocycles. The molecule has 0 aliphatic rings. The van der Waals surface area contributed by atoms with Gasteiger partial charge in [-0.2, -0.15) is 0 Å². The first-order valence-electron chi connectivity index (χ1n) is 5.65. The fourth-order valence-electron chi connectivity index (χ4n) is 1.66. The van der Waals surface area contributed by atoms with Crippen LogP contribution in [0, 0.1) is 0 Å². The first-order valence-corrected chi connectivity index (χ1v) is 6.82. The maximum absolute atomic E-state index is 12.0. The van der Waals surface area contributed by atoms with Crippen LogP contribution in [0.1, 0.15) is 5.56 Å². The van der Waals surface area contributed by atoms with E-state index in [0.717, 1.165) is 5.56 Å². The van der Waals surface area contributed by atoms with Gasteiger partial charge in [-0.25, -0.2) is 0 Å². The van der Waals surface area contributed by atoms with Crippen LogP contribution in [0.3, 0.4) is 0 Å². The Bertz CT molecular complexity index is 602. The summed E-state index contributed by atoms with van der Waals surface area (Å²) in [7, 11) is 0. The quantitative estimate of drug-likeness (QED) is 0.834. The van der Waals surface area contributed by atoms with Crippen molar-refractivity contribution in [3.8, 4) is 0 Å². The molecule has 0 atom stereocenters. The molecule has 2 aromatic rings. The number of hydrogen-bond acceptors (Lipinski definition) is 2. The molecule has 0 aromatic heterocycles. The van der Waals surface area contributed by atoms with Crippen LogP contribution in [0.2, 0.25) is 5.02 Å². The molecule has 0 saturated heterocycles. The molecular weight excluding hydrogens is 328 g/mol. The summed E-state index contributed by atoms with van der Waals surface area (Å²) in [5, 5.41) is 3.15. The van der Waals surface area contributed by atoms with E-state index in [1.165, 1.54) is 0 Å². The fraction of sp³-hybridized carbons (Fsp3) is 0.0714. The number of nitrogens with one attached hydrogen (secondary N) is 1. The van der Waals surface area contributed by atoms with E-state index in [4.69, 9.17) is 17.3 Å². The molecule has 5 heteroatoms. The van der Waals surface area contributed by atoms with Crippen molar-refractivity contribution in [1.29, 1.82) is 0 Å². The number of carbonyl (C=O) groups excluding carboxylic acids is 1. The highest BCUT2D eigenvalue weighted by molar-refractivity contribution is 9.10. The van der Waals surface area contributed by atoms with Crippen molar-refractivity contribution >= 4 is 44.8 Å². The zero-order chi connectivity index (χ0) is 13.8. The molecule has 2 rings (SSSR count). The van der Waals surface area contributed by atoms with Gasteiger partial charge in [0.25, 0.3) is 0 Å². The minimum Gasteiger partial charge on any atom is -0.397 e. The monoisotopic (exact) mass is 338 g/mol. The Morgan fingerprint density at radius 2 is 1.89 bits per heavy atom. The third kappa shape index (κ3) is 3.49. The lowest BCUT2D eigenvalue weighted by atomic mass is 10.1. The average Bonchev–Trinajstić information content (AvgIpc) is 2.40. The number of carbonyl (C=O) groups is 1. The van der Waals surface area contributed by atoms with E-state index < -0.39 is 0 Å². The SMILES string of the molecule is Nc1ccc(Br)c(Cl)c1NC(=O)Cc1ccccc1. The van der Waals surface area contributed by atoms with Crippen LogP contribution in [-0.2, 0) is 11.2 Å². The zero-order valence-electron chi connectivity index (χ0n) is 9.99. The molecule has 19 heavy (non-hydrogen) atoms. The Morgan fingerprint density at radius 3 is 2.58 bits per heavy atom. The van der Waals surface area contributed by atoms with Crippen molar-refractivity contribution in [2.45, 2.75) is 6.42 Å². The van der Waals surface area contributed by atoms with E-state index in [1.54, 1.807) is 12.1 Å². The van der Waals surface area contributed by atoms with Crippen LogP contribution in [-0.4, -0.2) is 5.91 Å². The highest BCUT2D eigenvalue weighted by Crippen LogP contribution is 2.34. The second kappa shape index (κ2) is 6.08. The molecule has 3 N–H and O–H groups in total. The van der Waals surface area contributed by atoms with Gasteiger partial charge in [0.1, 0.15) is 0 Å². The first kappa shape index (κ1) is 13.9. The van der Waals surface area contributed by atoms with E-state index >= 15 is 0 Å². The minimum atomic E-state index is -0.155. The largest absolute Gasteiger partial charge is 0.397 e. The van der Waals surface area contributed by atoms with Gasteiger partial charge in [0.05, 0.1) is 22.8 Å². The second-order valence-electron chi connectivity index (χ2n) is 4.04. The topological polar surface area (TPSA) is 55.1 Å². The van der Waals surface area contributed by atoms with Gasteiger partial charge in [-0.15, -0.1) is 0 Å². The molecule has 98 valence electrons. The van der Waals surface area contributed by atoms with E-state index in [0.29, 0.717) is 20.9 Å². The molecule has 0 radical (unpaired) electrons. The molecular formula is C14H12BrClN2O. The molecule has 0 unspecified atom stereocenters. The zero-order valence-corrected chi connectivity index (χ0v) is 12.3. The van der Waals surface area contributed by atoms with Crippen molar-refractivity contribution in [2.75, 3.05) is 11.1 Å². The lowest BCUT2D eigenvalue weighted by molar-refractivity contribution is -0.115. The molecule has 0 bridgehead atoms. The fourth-order valence-corrected chi connectivity index (χ4v) is 2.21. The van der Waals surface area contributed by atoms with Crippen LogP contribution in [0.4, 0.5) is 11.4 Å². The van der Waals surface area contributed by atoms with Gasteiger partial charge in [-0.1, -0.05) is 41.9 Å². The average molecular weight is 340 g/mol. The van der Waals surface area contributed by atoms with E-state index in [9.17, 15) is 4.79 Å². The van der Waals surface area contributed by atoms with Gasteiger partial charge in [0.2, 0.25) is 5.91 Å². The van der Waals surface area contributed by atoms with Crippen molar-refractivity contribution < 1.29 is 4.79 Å². The minimum absolute atomic E-state index is 0.155. The van der Waals surface area contributed by atoms with E-state index in [1.807, 2.05) is 30.3 Å². The third-order valence-corrected chi connectivity index (χ3v) is 3.88. The van der Waals surface area contributed by atoms with Gasteiger partial charge in [-0.3, -0.25) is 4.79 Å². The molecule has 3 nitrogen and oxygen atoms in total. The van der Waals surface area contributed by atoms with Crippen LogP contribution >= 0.6 is 27.5 Å². The summed E-state index contributed by atoms with van der Waals surface area (Å²) >= 11 is 9.40. The predicted molar refractivity (Wildman–Crippen MR) is 82.3 cm³/mol. The second-order valence-corrected chi connectivity index (χ2v) is 5.27. The van der Waals surface area contributed by atoms with Gasteiger partial charge < -0.3 is 11.1 Å². The summed E-state index contributed by atoms with van der Waals surface area (Å²) in [4.78, 5) is 12.0. The lowest BCUT2D eigenvalue weighted by Crippen LogP contribution is -2.15. The van der Waals surface area contributed by atoms with Gasteiger partial charge >= 0.3 is 0 Å². The van der Waals surface area contributed by atoms with Crippen molar-refractivity contribution in [2.24, 2.45) is 0 Å². The van der Waals surface area contributed by atoms with Gasteiger partial charge in [-0.05, 0) is 33.6 Å². The smallest absolute Gasteiger partial charge is 0.228 e. The van der Waals surface area contributed by atoms with Crippen molar-refractivity contribution in [1.82, 2.24) is 0 Å². The number of hydrogen-bond donors (Lipinski definition) is 2. The number of benzene rings is 2. The Morgan fingerprint density at radius 1 is 1.21 bits per heavy atom. The maximum atomic E-state index is 12.0. The standard InChI is InChI=1S/C14H12BrClN2O/c15-10-6-7-11(17)14(13(10)16)18-12(19)8-9-4-2-1-3-5-9/h1-7H,8,17H2,(H,18,19). The number of rotatable bonds is 3. The Kier molecular flexibility index (Phi) is 4.45. The molecule has 0 spiro atoms. The Labute approximate surface area is 124 Å². The van der Waals surface area contributed by atoms with Gasteiger partial charge in [0, 0.05) is 4.47 Å². The van der Waals surface area contributed by atoms with E-state index in [2.05, 4.69) is 21.2 Å². The molecule has 0 fully saturated rings. The van der Waals surface area contributed by atoms with Crippen LogP contribution in [0.15, 0.2) is 46.9 Å². The van der Waals surface area contributed by atoms with Crippen LogP contribution in [0.25, 0.3) is 0 Å². The van der Waals surface area contributed by atoms with Crippen molar-refractivity contribution in [3.05, 3.63) is 57.5 Å². The maximum Gasteiger partial charge on any atom is 0.228 e. The van der Waals surface area contributed by atoms with Gasteiger partial charge in [0.15, 0.2) is 0 Å². The molecule has 0 aliphatic heterocycles. The third-order valence-electron chi connectivity index (χ3n) is 2.60. The summed E-state index contributed by atoms with van der Waals surface area (Å²) in [5.41, 5.74) is 7.63. The molecule has 0 aliphatic carbocycles. The number of halogens is 2. The molecule has 0 saturated carbocycles. The lowest BCUT2D eigenvalue weighted by Gasteiger charge is -2.11. The first-order chi connectivity index (χ1) is 9.08. The van der Waals surface area contributed by atoms with E-state index in [-0.39, 0.29) is 12.3 Å².